The van der Waals surface area contributed by atoms with Crippen molar-refractivity contribution in [2.45, 2.75) is 19.5 Å². The molecule has 0 atom stereocenters. The number of hydrogen-bond acceptors (Lipinski definition) is 7. The molecule has 0 bridgehead atoms. The first kappa shape index (κ1) is 17.3. The maximum absolute atomic E-state index is 12.5. The molecule has 4 rings (SSSR count). The summed E-state index contributed by atoms with van der Waals surface area (Å²) in [5.74, 6) is 1.20. The van der Waals surface area contributed by atoms with Crippen LogP contribution in [0.15, 0.2) is 41.6 Å². The van der Waals surface area contributed by atoms with E-state index in [9.17, 15) is 4.79 Å². The molecule has 0 unspecified atom stereocenters. The quantitative estimate of drug-likeness (QED) is 0.746. The highest BCUT2D eigenvalue weighted by Crippen LogP contribution is 2.19. The molecule has 4 heterocycles. The normalized spacial score (nSPS) is 14.0. The number of nitrogens with zero attached hydrogens (tertiary/aromatic N) is 6. The van der Waals surface area contributed by atoms with Gasteiger partial charge in [-0.25, -0.2) is 15.0 Å². The Morgan fingerprint density at radius 3 is 2.70 bits per heavy atom. The van der Waals surface area contributed by atoms with Gasteiger partial charge in [-0.1, -0.05) is 6.07 Å². The molecule has 3 aromatic heterocycles. The molecule has 0 spiro atoms. The number of H-pyrrole nitrogens is 1. The Bertz CT molecular complexity index is 983. The van der Waals surface area contributed by atoms with Gasteiger partial charge in [-0.15, -0.1) is 0 Å². The predicted molar refractivity (Wildman–Crippen MR) is 102 cm³/mol. The van der Waals surface area contributed by atoms with Gasteiger partial charge in [0.25, 0.3) is 5.56 Å². The van der Waals surface area contributed by atoms with E-state index in [0.717, 1.165) is 29.9 Å². The van der Waals surface area contributed by atoms with E-state index in [0.29, 0.717) is 30.4 Å². The number of nitrogens with one attached hydrogen (secondary N) is 1. The minimum atomic E-state index is -0.0704. The van der Waals surface area contributed by atoms with Gasteiger partial charge >= 0.3 is 0 Å². The highest BCUT2D eigenvalue weighted by atomic mass is 16.1. The molecule has 0 saturated carbocycles. The Morgan fingerprint density at radius 2 is 2.00 bits per heavy atom. The minimum Gasteiger partial charge on any atom is -0.347 e. The summed E-state index contributed by atoms with van der Waals surface area (Å²) in [4.78, 5) is 37.1. The molecule has 27 heavy (non-hydrogen) atoms. The largest absolute Gasteiger partial charge is 0.347 e. The van der Waals surface area contributed by atoms with Crippen LogP contribution in [0.1, 0.15) is 16.8 Å². The van der Waals surface area contributed by atoms with Crippen molar-refractivity contribution < 1.29 is 0 Å². The van der Waals surface area contributed by atoms with Gasteiger partial charge in [0.15, 0.2) is 5.82 Å². The molecular formula is C19H21N7O. The third kappa shape index (κ3) is 3.70. The second kappa shape index (κ2) is 7.24. The number of fused-ring (bicyclic) bond motifs is 1. The Kier molecular flexibility index (Phi) is 4.64. The predicted octanol–water partition coefficient (Wildman–Crippen LogP) is 1.25. The zero-order valence-electron chi connectivity index (χ0n) is 15.4. The Morgan fingerprint density at radius 1 is 1.19 bits per heavy atom. The Hall–Kier alpha value is -3.13. The van der Waals surface area contributed by atoms with Crippen LogP contribution in [0.5, 0.6) is 0 Å². The zero-order chi connectivity index (χ0) is 18.8. The van der Waals surface area contributed by atoms with Crippen molar-refractivity contribution in [3.63, 3.8) is 0 Å². The molecule has 8 heteroatoms. The van der Waals surface area contributed by atoms with E-state index in [4.69, 9.17) is 0 Å². The third-order valence-electron chi connectivity index (χ3n) is 4.56. The molecule has 0 aromatic carbocycles. The summed E-state index contributed by atoms with van der Waals surface area (Å²) in [5.41, 5.74) is 3.22. The summed E-state index contributed by atoms with van der Waals surface area (Å²) in [6.45, 7) is 2.14. The second-order valence-corrected chi connectivity index (χ2v) is 6.80. The van der Waals surface area contributed by atoms with Crippen LogP contribution >= 0.6 is 0 Å². The standard InChI is InChI=1S/C19H21N7O/c1-25(2)19-21-9-13(10-22-19)11-26-8-6-14-16(12-26)23-17(24-18(14)27)15-5-3-4-7-20-15/h3-5,7,9-10H,6,8,11-12H2,1-2H3,(H,23,24,27). The summed E-state index contributed by atoms with van der Waals surface area (Å²) in [7, 11) is 3.83. The van der Waals surface area contributed by atoms with Crippen molar-refractivity contribution in [3.8, 4) is 11.5 Å². The van der Waals surface area contributed by atoms with Gasteiger partial charge < -0.3 is 9.88 Å². The molecule has 0 saturated heterocycles. The molecule has 1 aliphatic heterocycles. The van der Waals surface area contributed by atoms with Gasteiger partial charge in [0, 0.05) is 63.4 Å². The molecule has 138 valence electrons. The number of pyridine rings is 1. The van der Waals surface area contributed by atoms with Crippen molar-refractivity contribution in [2.75, 3.05) is 25.5 Å². The number of aromatic amines is 1. The average molecular weight is 363 g/mol. The van der Waals surface area contributed by atoms with E-state index in [-0.39, 0.29) is 5.56 Å². The minimum absolute atomic E-state index is 0.0704. The molecule has 3 aromatic rings. The molecule has 8 nitrogen and oxygen atoms in total. The van der Waals surface area contributed by atoms with E-state index in [1.165, 1.54) is 0 Å². The number of rotatable bonds is 4. The fourth-order valence-electron chi connectivity index (χ4n) is 3.17. The topological polar surface area (TPSA) is 90.9 Å². The van der Waals surface area contributed by atoms with Gasteiger partial charge in [-0.3, -0.25) is 14.7 Å². The lowest BCUT2D eigenvalue weighted by Crippen LogP contribution is -2.35. The molecule has 1 aliphatic rings. The summed E-state index contributed by atoms with van der Waals surface area (Å²) in [5, 5.41) is 0. The number of anilines is 1. The molecular weight excluding hydrogens is 342 g/mol. The molecule has 0 amide bonds. The Balaban J connectivity index is 1.55. The van der Waals surface area contributed by atoms with Crippen LogP contribution in [0.3, 0.4) is 0 Å². The summed E-state index contributed by atoms with van der Waals surface area (Å²) in [6.07, 6.45) is 6.07. The summed E-state index contributed by atoms with van der Waals surface area (Å²) >= 11 is 0. The van der Waals surface area contributed by atoms with E-state index in [1.54, 1.807) is 6.20 Å². The smallest absolute Gasteiger partial charge is 0.254 e. The SMILES string of the molecule is CN(C)c1ncc(CN2CCc3c(nc(-c4ccccn4)[nH]c3=O)C2)cn1. The van der Waals surface area contributed by atoms with E-state index in [1.807, 2.05) is 49.6 Å². The van der Waals surface area contributed by atoms with Crippen LogP contribution in [-0.4, -0.2) is 50.5 Å². The maximum Gasteiger partial charge on any atom is 0.254 e. The first-order valence-electron chi connectivity index (χ1n) is 8.84. The first-order valence-corrected chi connectivity index (χ1v) is 8.84. The van der Waals surface area contributed by atoms with E-state index < -0.39 is 0 Å². The number of aromatic nitrogens is 5. The fourth-order valence-corrected chi connectivity index (χ4v) is 3.17. The van der Waals surface area contributed by atoms with Crippen molar-refractivity contribution >= 4 is 5.95 Å². The van der Waals surface area contributed by atoms with Crippen molar-refractivity contribution in [1.82, 2.24) is 29.8 Å². The van der Waals surface area contributed by atoms with Crippen molar-refractivity contribution in [3.05, 3.63) is 64.0 Å². The van der Waals surface area contributed by atoms with Gasteiger partial charge in [-0.05, 0) is 18.6 Å². The molecule has 1 N–H and O–H groups in total. The lowest BCUT2D eigenvalue weighted by atomic mass is 10.1. The summed E-state index contributed by atoms with van der Waals surface area (Å²) in [6, 6.07) is 5.56. The lowest BCUT2D eigenvalue weighted by molar-refractivity contribution is 0.240. The maximum atomic E-state index is 12.5. The van der Waals surface area contributed by atoms with Crippen LogP contribution in [-0.2, 0) is 19.5 Å². The van der Waals surface area contributed by atoms with Crippen LogP contribution in [0, 0.1) is 0 Å². The first-order chi connectivity index (χ1) is 13.1. The van der Waals surface area contributed by atoms with E-state index >= 15 is 0 Å². The van der Waals surface area contributed by atoms with Crippen LogP contribution < -0.4 is 10.5 Å². The molecule has 0 aliphatic carbocycles. The fraction of sp³-hybridized carbons (Fsp3) is 0.316. The van der Waals surface area contributed by atoms with Crippen LogP contribution in [0.2, 0.25) is 0 Å². The van der Waals surface area contributed by atoms with Crippen LogP contribution in [0.25, 0.3) is 11.5 Å². The van der Waals surface area contributed by atoms with E-state index in [2.05, 4.69) is 29.8 Å². The molecule has 0 radical (unpaired) electrons. The van der Waals surface area contributed by atoms with Gasteiger partial charge in [0.05, 0.1) is 5.69 Å². The van der Waals surface area contributed by atoms with Crippen molar-refractivity contribution in [1.29, 1.82) is 0 Å². The van der Waals surface area contributed by atoms with Crippen LogP contribution in [0.4, 0.5) is 5.95 Å². The molecule has 0 fully saturated rings. The Labute approximate surface area is 157 Å². The van der Waals surface area contributed by atoms with Gasteiger partial charge in [0.1, 0.15) is 5.69 Å². The highest BCUT2D eigenvalue weighted by molar-refractivity contribution is 5.49. The lowest BCUT2D eigenvalue weighted by Gasteiger charge is -2.27. The van der Waals surface area contributed by atoms with Crippen molar-refractivity contribution in [2.24, 2.45) is 0 Å². The van der Waals surface area contributed by atoms with Gasteiger partial charge in [0.2, 0.25) is 5.95 Å². The second-order valence-electron chi connectivity index (χ2n) is 6.80. The van der Waals surface area contributed by atoms with Gasteiger partial charge in [-0.2, -0.15) is 0 Å². The monoisotopic (exact) mass is 363 g/mol. The highest BCUT2D eigenvalue weighted by Gasteiger charge is 2.22. The summed E-state index contributed by atoms with van der Waals surface area (Å²) < 4.78 is 0. The average Bonchev–Trinajstić information content (AvgIpc) is 2.69. The number of hydrogen-bond donors (Lipinski definition) is 1. The third-order valence-corrected chi connectivity index (χ3v) is 4.56. The zero-order valence-corrected chi connectivity index (χ0v) is 15.4.